The van der Waals surface area contributed by atoms with Gasteiger partial charge in [-0.1, -0.05) is 77.9 Å². The average molecular weight is 411 g/mol. The standard InChI is InChI=1S/C24H21N5O2/c1-15-21(23(30)31-16(2)17-9-4-3-5-10-17)22(29-24(25-15)26-27-28-29)20-14-8-12-18-11-6-7-13-19(18)20/h3-14,16,22H,1-2H3,(H,25,26,28)/t16-,22?/m0/s1. The van der Waals surface area contributed by atoms with E-state index in [0.29, 0.717) is 17.2 Å². The lowest BCUT2D eigenvalue weighted by Crippen LogP contribution is -2.30. The van der Waals surface area contributed by atoms with Gasteiger partial charge in [-0.15, -0.1) is 0 Å². The van der Waals surface area contributed by atoms with E-state index < -0.39 is 18.1 Å². The van der Waals surface area contributed by atoms with Crippen molar-refractivity contribution in [3.8, 4) is 0 Å². The van der Waals surface area contributed by atoms with E-state index >= 15 is 0 Å². The van der Waals surface area contributed by atoms with E-state index in [0.717, 1.165) is 21.9 Å². The molecule has 0 saturated heterocycles. The van der Waals surface area contributed by atoms with Crippen molar-refractivity contribution in [2.75, 3.05) is 5.32 Å². The Morgan fingerprint density at radius 1 is 1.03 bits per heavy atom. The number of carbonyl (C=O) groups is 1. The van der Waals surface area contributed by atoms with Gasteiger partial charge in [0.25, 0.3) is 0 Å². The zero-order valence-corrected chi connectivity index (χ0v) is 17.2. The number of benzene rings is 3. The van der Waals surface area contributed by atoms with Gasteiger partial charge in [-0.3, -0.25) is 0 Å². The Kier molecular flexibility index (Phi) is 4.71. The van der Waals surface area contributed by atoms with Crippen LogP contribution in [-0.2, 0) is 9.53 Å². The van der Waals surface area contributed by atoms with Crippen molar-refractivity contribution in [2.45, 2.75) is 26.0 Å². The Morgan fingerprint density at radius 3 is 2.61 bits per heavy atom. The van der Waals surface area contributed by atoms with Gasteiger partial charge in [-0.25, -0.2) is 4.79 Å². The third-order valence-corrected chi connectivity index (χ3v) is 5.60. The molecule has 5 rings (SSSR count). The van der Waals surface area contributed by atoms with Crippen molar-refractivity contribution in [1.29, 1.82) is 0 Å². The number of ether oxygens (including phenoxy) is 1. The SMILES string of the molecule is CC1=C(C(=O)O[C@@H](C)c2ccccc2)C(c2cccc3ccccc23)n2nnnc2N1. The van der Waals surface area contributed by atoms with E-state index in [9.17, 15) is 4.79 Å². The molecule has 7 heteroatoms. The summed E-state index contributed by atoms with van der Waals surface area (Å²) >= 11 is 0. The zero-order valence-electron chi connectivity index (χ0n) is 17.2. The molecule has 3 aromatic carbocycles. The number of fused-ring (bicyclic) bond motifs is 2. The summed E-state index contributed by atoms with van der Waals surface area (Å²) in [5.74, 6) is 0.0866. The molecule has 2 atom stereocenters. The predicted octanol–water partition coefficient (Wildman–Crippen LogP) is 4.42. The normalized spacial score (nSPS) is 16.5. The summed E-state index contributed by atoms with van der Waals surface area (Å²) in [7, 11) is 0. The molecule has 0 amide bonds. The van der Waals surface area contributed by atoms with Gasteiger partial charge in [0.05, 0.1) is 5.57 Å². The van der Waals surface area contributed by atoms with Crippen molar-refractivity contribution in [3.05, 3.63) is 95.2 Å². The monoisotopic (exact) mass is 411 g/mol. The fraction of sp³-hybridized carbons (Fsp3) is 0.167. The summed E-state index contributed by atoms with van der Waals surface area (Å²) in [5.41, 5.74) is 3.03. The first-order valence-corrected chi connectivity index (χ1v) is 10.1. The maximum atomic E-state index is 13.4. The van der Waals surface area contributed by atoms with Gasteiger partial charge in [0.1, 0.15) is 12.1 Å². The van der Waals surface area contributed by atoms with Gasteiger partial charge in [-0.2, -0.15) is 4.68 Å². The Balaban J connectivity index is 1.60. The molecule has 154 valence electrons. The third-order valence-electron chi connectivity index (χ3n) is 5.60. The lowest BCUT2D eigenvalue weighted by Gasteiger charge is -2.29. The Hall–Kier alpha value is -4.00. The van der Waals surface area contributed by atoms with Gasteiger partial charge in [0.2, 0.25) is 5.95 Å². The smallest absolute Gasteiger partial charge is 0.338 e. The number of allylic oxidation sites excluding steroid dienone is 1. The molecule has 31 heavy (non-hydrogen) atoms. The second-order valence-electron chi connectivity index (χ2n) is 7.54. The number of aromatic nitrogens is 4. The molecule has 4 aromatic rings. The van der Waals surface area contributed by atoms with Gasteiger partial charge in [0, 0.05) is 5.70 Å². The van der Waals surface area contributed by atoms with E-state index in [4.69, 9.17) is 4.74 Å². The maximum absolute atomic E-state index is 13.4. The average Bonchev–Trinajstić information content (AvgIpc) is 3.26. The molecular formula is C24H21N5O2. The topological polar surface area (TPSA) is 81.9 Å². The Bertz CT molecular complexity index is 1290. The molecule has 1 aliphatic rings. The highest BCUT2D eigenvalue weighted by atomic mass is 16.5. The van der Waals surface area contributed by atoms with Crippen molar-refractivity contribution in [2.24, 2.45) is 0 Å². The van der Waals surface area contributed by atoms with Gasteiger partial charge in [-0.05, 0) is 46.2 Å². The lowest BCUT2D eigenvalue weighted by atomic mass is 9.91. The van der Waals surface area contributed by atoms with E-state index in [1.807, 2.05) is 86.6 Å². The lowest BCUT2D eigenvalue weighted by molar-refractivity contribution is -0.144. The van der Waals surface area contributed by atoms with Crippen LogP contribution in [0.15, 0.2) is 84.1 Å². The van der Waals surface area contributed by atoms with Crippen LogP contribution in [0.2, 0.25) is 0 Å². The molecule has 0 spiro atoms. The molecule has 0 fully saturated rings. The van der Waals surface area contributed by atoms with Crippen LogP contribution in [0.1, 0.15) is 37.1 Å². The molecular weight excluding hydrogens is 390 g/mol. The van der Waals surface area contributed by atoms with Crippen LogP contribution in [0.3, 0.4) is 0 Å². The van der Waals surface area contributed by atoms with Crippen molar-refractivity contribution < 1.29 is 9.53 Å². The van der Waals surface area contributed by atoms with Crippen LogP contribution in [0.25, 0.3) is 10.8 Å². The number of rotatable bonds is 4. The molecule has 0 aliphatic carbocycles. The minimum absolute atomic E-state index is 0.391. The quantitative estimate of drug-likeness (QED) is 0.501. The number of anilines is 1. The molecule has 0 bridgehead atoms. The first-order valence-electron chi connectivity index (χ1n) is 10.1. The van der Waals surface area contributed by atoms with E-state index in [-0.39, 0.29) is 0 Å². The van der Waals surface area contributed by atoms with Crippen LogP contribution in [0.4, 0.5) is 5.95 Å². The summed E-state index contributed by atoms with van der Waals surface area (Å²) in [4.78, 5) is 13.4. The largest absolute Gasteiger partial charge is 0.454 e. The molecule has 2 heterocycles. The predicted molar refractivity (Wildman–Crippen MR) is 117 cm³/mol. The third kappa shape index (κ3) is 3.34. The van der Waals surface area contributed by atoms with Crippen LogP contribution >= 0.6 is 0 Å². The fourth-order valence-corrected chi connectivity index (χ4v) is 4.07. The number of hydrogen-bond donors (Lipinski definition) is 1. The molecule has 0 radical (unpaired) electrons. The van der Waals surface area contributed by atoms with Crippen LogP contribution < -0.4 is 5.32 Å². The first-order chi connectivity index (χ1) is 15.1. The van der Waals surface area contributed by atoms with Gasteiger partial charge >= 0.3 is 5.97 Å². The minimum atomic E-state index is -0.507. The molecule has 1 aliphatic heterocycles. The second-order valence-corrected chi connectivity index (χ2v) is 7.54. The highest BCUT2D eigenvalue weighted by Gasteiger charge is 2.36. The zero-order chi connectivity index (χ0) is 21.4. The summed E-state index contributed by atoms with van der Waals surface area (Å²) in [6.07, 6.45) is -0.391. The van der Waals surface area contributed by atoms with E-state index in [1.54, 1.807) is 4.68 Å². The highest BCUT2D eigenvalue weighted by molar-refractivity contribution is 5.95. The fourth-order valence-electron chi connectivity index (χ4n) is 4.07. The number of hydrogen-bond acceptors (Lipinski definition) is 6. The summed E-state index contributed by atoms with van der Waals surface area (Å²) < 4.78 is 7.52. The van der Waals surface area contributed by atoms with Crippen LogP contribution in [0.5, 0.6) is 0 Å². The van der Waals surface area contributed by atoms with Gasteiger partial charge < -0.3 is 10.1 Å². The van der Waals surface area contributed by atoms with Crippen molar-refractivity contribution in [3.63, 3.8) is 0 Å². The molecule has 1 aromatic heterocycles. The Morgan fingerprint density at radius 2 is 1.77 bits per heavy atom. The van der Waals surface area contributed by atoms with Crippen molar-refractivity contribution in [1.82, 2.24) is 20.2 Å². The van der Waals surface area contributed by atoms with E-state index in [1.165, 1.54) is 0 Å². The number of nitrogens with zero attached hydrogens (tertiary/aromatic N) is 4. The number of carbonyl (C=O) groups excluding carboxylic acids is 1. The van der Waals surface area contributed by atoms with Crippen LogP contribution in [0, 0.1) is 0 Å². The second kappa shape index (κ2) is 7.68. The number of esters is 1. The molecule has 1 N–H and O–H groups in total. The van der Waals surface area contributed by atoms with Crippen LogP contribution in [-0.4, -0.2) is 26.2 Å². The summed E-state index contributed by atoms with van der Waals surface area (Å²) in [5, 5.41) is 17.3. The molecule has 7 nitrogen and oxygen atoms in total. The summed E-state index contributed by atoms with van der Waals surface area (Å²) in [6.45, 7) is 3.72. The van der Waals surface area contributed by atoms with Crippen molar-refractivity contribution >= 4 is 22.7 Å². The number of tetrazole rings is 1. The summed E-state index contributed by atoms with van der Waals surface area (Å²) in [6, 6.07) is 23.3. The van der Waals surface area contributed by atoms with Gasteiger partial charge in [0.15, 0.2) is 0 Å². The minimum Gasteiger partial charge on any atom is -0.454 e. The molecule has 1 unspecified atom stereocenters. The molecule has 0 saturated carbocycles. The maximum Gasteiger partial charge on any atom is 0.338 e. The Labute approximate surface area is 179 Å². The number of nitrogens with one attached hydrogen (secondary N) is 1. The first kappa shape index (κ1) is 19.0. The highest BCUT2D eigenvalue weighted by Crippen LogP contribution is 2.38. The van der Waals surface area contributed by atoms with E-state index in [2.05, 4.69) is 20.8 Å².